The molecular formula is C6H5NO3S2. The molecule has 0 atom stereocenters. The summed E-state index contributed by atoms with van der Waals surface area (Å²) in [7, 11) is -3.77. The van der Waals surface area contributed by atoms with E-state index in [1.54, 1.807) is 13.0 Å². The first-order valence-corrected chi connectivity index (χ1v) is 5.22. The summed E-state index contributed by atoms with van der Waals surface area (Å²) in [4.78, 5) is 10.6. The maximum atomic E-state index is 11.0. The van der Waals surface area contributed by atoms with Gasteiger partial charge >= 0.3 is 10.0 Å². The molecule has 6 heteroatoms. The van der Waals surface area contributed by atoms with Gasteiger partial charge in [0.2, 0.25) is 0 Å². The van der Waals surface area contributed by atoms with Gasteiger partial charge in [0.05, 0.1) is 0 Å². The average Bonchev–Trinajstić information content (AvgIpc) is 2.36. The van der Waals surface area contributed by atoms with Gasteiger partial charge in [-0.1, -0.05) is 4.40 Å². The Balaban J connectivity index is 3.23. The average molecular weight is 203 g/mol. The van der Waals surface area contributed by atoms with Crippen molar-refractivity contribution in [3.8, 4) is 0 Å². The number of carbonyl (C=O) groups excluding carboxylic acids is 1. The van der Waals surface area contributed by atoms with Crippen molar-refractivity contribution in [2.24, 2.45) is 4.40 Å². The molecule has 0 aliphatic carbocycles. The summed E-state index contributed by atoms with van der Waals surface area (Å²) in [5, 5.41) is 0. The second-order valence-electron chi connectivity index (χ2n) is 2.02. The fourth-order valence-electron chi connectivity index (χ4n) is 0.645. The molecule has 0 amide bonds. The van der Waals surface area contributed by atoms with E-state index in [4.69, 9.17) is 0 Å². The fourth-order valence-corrected chi connectivity index (χ4v) is 2.59. The smallest absolute Gasteiger partial charge is 0.210 e. The molecule has 0 radical (unpaired) electrons. The lowest BCUT2D eigenvalue weighted by molar-refractivity contribution is 0.564. The summed E-state index contributed by atoms with van der Waals surface area (Å²) in [6, 6.07) is 3.06. The topological polar surface area (TPSA) is 63.6 Å². The predicted octanol–water partition coefficient (Wildman–Crippen LogP) is 1.08. The van der Waals surface area contributed by atoms with Crippen molar-refractivity contribution in [1.29, 1.82) is 0 Å². The maximum Gasteiger partial charge on any atom is 0.302 e. The van der Waals surface area contributed by atoms with E-state index < -0.39 is 10.0 Å². The lowest BCUT2D eigenvalue weighted by Gasteiger charge is -1.86. The molecule has 1 aromatic heterocycles. The summed E-state index contributed by atoms with van der Waals surface area (Å²) in [5.41, 5.74) is 0. The number of sulfonamides is 1. The van der Waals surface area contributed by atoms with Gasteiger partial charge in [-0.3, -0.25) is 0 Å². The van der Waals surface area contributed by atoms with Crippen LogP contribution in [-0.4, -0.2) is 14.5 Å². The van der Waals surface area contributed by atoms with Gasteiger partial charge in [-0.15, -0.1) is 11.3 Å². The minimum atomic E-state index is -3.77. The molecule has 0 aliphatic heterocycles. The molecule has 0 fully saturated rings. The van der Waals surface area contributed by atoms with Crippen molar-refractivity contribution in [3.63, 3.8) is 0 Å². The summed E-state index contributed by atoms with van der Waals surface area (Å²) in [5.74, 6) is 0. The van der Waals surface area contributed by atoms with Crippen molar-refractivity contribution in [3.05, 3.63) is 17.0 Å². The lowest BCUT2D eigenvalue weighted by atomic mass is 10.5. The molecule has 0 N–H and O–H groups in total. The van der Waals surface area contributed by atoms with Gasteiger partial charge in [-0.25, -0.2) is 4.79 Å². The van der Waals surface area contributed by atoms with Crippen molar-refractivity contribution in [2.45, 2.75) is 11.1 Å². The van der Waals surface area contributed by atoms with Crippen LogP contribution >= 0.6 is 11.3 Å². The molecular weight excluding hydrogens is 198 g/mol. The third-order valence-corrected chi connectivity index (χ3v) is 3.76. The normalized spacial score (nSPS) is 10.8. The minimum Gasteiger partial charge on any atom is -0.210 e. The van der Waals surface area contributed by atoms with E-state index in [0.29, 0.717) is 0 Å². The van der Waals surface area contributed by atoms with E-state index in [-0.39, 0.29) is 4.21 Å². The predicted molar refractivity (Wildman–Crippen MR) is 44.4 cm³/mol. The fraction of sp³-hybridized carbons (Fsp3) is 0.167. The molecule has 1 rings (SSSR count). The largest absolute Gasteiger partial charge is 0.302 e. The van der Waals surface area contributed by atoms with Crippen molar-refractivity contribution >= 4 is 27.4 Å². The Morgan fingerprint density at radius 2 is 2.17 bits per heavy atom. The van der Waals surface area contributed by atoms with E-state index in [1.807, 2.05) is 0 Å². The van der Waals surface area contributed by atoms with Crippen LogP contribution in [-0.2, 0) is 14.8 Å². The van der Waals surface area contributed by atoms with Crippen LogP contribution in [0, 0.1) is 6.92 Å². The molecule has 0 unspecified atom stereocenters. The van der Waals surface area contributed by atoms with Gasteiger partial charge in [0, 0.05) is 4.88 Å². The molecule has 1 heterocycles. The zero-order valence-corrected chi connectivity index (χ0v) is 7.78. The molecule has 4 nitrogen and oxygen atoms in total. The number of isocyanates is 1. The highest BCUT2D eigenvalue weighted by molar-refractivity contribution is 7.92. The van der Waals surface area contributed by atoms with Crippen LogP contribution in [0.25, 0.3) is 0 Å². The first-order chi connectivity index (χ1) is 5.56. The molecule has 1 aromatic rings. The zero-order chi connectivity index (χ0) is 9.19. The van der Waals surface area contributed by atoms with Gasteiger partial charge in [0.25, 0.3) is 6.08 Å². The Hall–Kier alpha value is -0.970. The number of rotatable bonds is 2. The van der Waals surface area contributed by atoms with Crippen LogP contribution < -0.4 is 0 Å². The van der Waals surface area contributed by atoms with Gasteiger partial charge in [-0.2, -0.15) is 8.42 Å². The van der Waals surface area contributed by atoms with Gasteiger partial charge in [-0.05, 0) is 19.1 Å². The second-order valence-corrected chi connectivity index (χ2v) is 5.14. The van der Waals surface area contributed by atoms with Crippen LogP contribution in [0.1, 0.15) is 4.88 Å². The summed E-state index contributed by atoms with van der Waals surface area (Å²) >= 11 is 1.07. The second kappa shape index (κ2) is 3.18. The SMILES string of the molecule is Cc1ccc(S(=O)(=O)N=C=O)s1. The lowest BCUT2D eigenvalue weighted by Crippen LogP contribution is -1.91. The van der Waals surface area contributed by atoms with Crippen LogP contribution in [0.15, 0.2) is 20.7 Å². The molecule has 0 aromatic carbocycles. The van der Waals surface area contributed by atoms with E-state index in [2.05, 4.69) is 4.40 Å². The van der Waals surface area contributed by atoms with Crippen molar-refractivity contribution in [1.82, 2.24) is 0 Å². The molecule has 0 aliphatic rings. The number of hydrogen-bond acceptors (Lipinski definition) is 4. The van der Waals surface area contributed by atoms with Gasteiger partial charge in [0.1, 0.15) is 4.21 Å². The molecule has 0 spiro atoms. The molecule has 0 bridgehead atoms. The van der Waals surface area contributed by atoms with Crippen molar-refractivity contribution in [2.75, 3.05) is 0 Å². The van der Waals surface area contributed by atoms with E-state index in [0.717, 1.165) is 22.3 Å². The Morgan fingerprint density at radius 3 is 2.58 bits per heavy atom. The quantitative estimate of drug-likeness (QED) is 0.533. The Kier molecular flexibility index (Phi) is 2.42. The van der Waals surface area contributed by atoms with Crippen LogP contribution in [0.2, 0.25) is 0 Å². The molecule has 0 saturated heterocycles. The zero-order valence-electron chi connectivity index (χ0n) is 6.14. The summed E-state index contributed by atoms with van der Waals surface area (Å²) < 4.78 is 24.8. The van der Waals surface area contributed by atoms with Gasteiger partial charge in [0.15, 0.2) is 0 Å². The third kappa shape index (κ3) is 1.79. The first-order valence-electron chi connectivity index (χ1n) is 2.97. The molecule has 64 valence electrons. The number of hydrogen-bond donors (Lipinski definition) is 0. The highest BCUT2D eigenvalue weighted by Crippen LogP contribution is 2.21. The number of nitrogens with zero attached hydrogens (tertiary/aromatic N) is 1. The summed E-state index contributed by atoms with van der Waals surface area (Å²) in [6.45, 7) is 1.77. The first kappa shape index (κ1) is 9.12. The number of thiophene rings is 1. The highest BCUT2D eigenvalue weighted by atomic mass is 32.2. The number of aryl methyl sites for hydroxylation is 1. The van der Waals surface area contributed by atoms with Gasteiger partial charge < -0.3 is 0 Å². The van der Waals surface area contributed by atoms with E-state index >= 15 is 0 Å². The molecule has 0 saturated carbocycles. The highest BCUT2D eigenvalue weighted by Gasteiger charge is 2.13. The third-order valence-electron chi connectivity index (χ3n) is 1.13. The van der Waals surface area contributed by atoms with E-state index in [1.165, 1.54) is 6.07 Å². The Bertz CT molecular complexity index is 425. The van der Waals surface area contributed by atoms with Crippen LogP contribution in [0.3, 0.4) is 0 Å². The minimum absolute atomic E-state index is 0.0725. The maximum absolute atomic E-state index is 11.0. The van der Waals surface area contributed by atoms with Crippen LogP contribution in [0.4, 0.5) is 0 Å². The Morgan fingerprint density at radius 1 is 1.50 bits per heavy atom. The standard InChI is InChI=1S/C6H5NO3S2/c1-5-2-3-6(11-5)12(9,10)7-4-8/h2-3H,1H3. The van der Waals surface area contributed by atoms with Crippen molar-refractivity contribution < 1.29 is 13.2 Å². The monoisotopic (exact) mass is 203 g/mol. The van der Waals surface area contributed by atoms with E-state index in [9.17, 15) is 13.2 Å². The van der Waals surface area contributed by atoms with Crippen LogP contribution in [0.5, 0.6) is 0 Å². The summed E-state index contributed by atoms with van der Waals surface area (Å²) in [6.07, 6.45) is 1.01. The Labute approximate surface area is 73.6 Å². The molecule has 12 heavy (non-hydrogen) atoms.